The molecule has 0 fully saturated rings. The minimum absolute atomic E-state index is 0.420. The van der Waals surface area contributed by atoms with Crippen molar-refractivity contribution >= 4 is 16.8 Å². The van der Waals surface area contributed by atoms with Gasteiger partial charge in [0.2, 0.25) is 5.91 Å². The predicted molar refractivity (Wildman–Crippen MR) is 83.4 cm³/mol. The molecule has 2 heterocycles. The molecule has 0 aliphatic rings. The number of pyridine rings is 1. The molecule has 22 heavy (non-hydrogen) atoms. The first kappa shape index (κ1) is 14.1. The molecule has 1 amide bonds. The second-order valence-electron chi connectivity index (χ2n) is 5.00. The molecule has 1 atom stereocenters. The van der Waals surface area contributed by atoms with Crippen LogP contribution in [0.5, 0.6) is 5.75 Å². The van der Waals surface area contributed by atoms with Gasteiger partial charge in [0.25, 0.3) is 0 Å². The first-order chi connectivity index (χ1) is 10.6. The van der Waals surface area contributed by atoms with Gasteiger partial charge in [0.15, 0.2) is 0 Å². The van der Waals surface area contributed by atoms with Gasteiger partial charge in [-0.25, -0.2) is 0 Å². The highest BCUT2D eigenvalue weighted by Gasteiger charge is 2.15. The van der Waals surface area contributed by atoms with Crippen molar-refractivity contribution < 1.29 is 9.53 Å². The van der Waals surface area contributed by atoms with Crippen molar-refractivity contribution in [1.29, 1.82) is 0 Å². The normalized spacial score (nSPS) is 12.3. The molecule has 1 aromatic carbocycles. The Morgan fingerprint density at radius 2 is 2.18 bits per heavy atom. The van der Waals surface area contributed by atoms with E-state index in [9.17, 15) is 4.79 Å². The molecule has 3 aromatic rings. The van der Waals surface area contributed by atoms with E-state index >= 15 is 0 Å². The first-order valence-electron chi connectivity index (χ1n) is 6.87. The lowest BCUT2D eigenvalue weighted by Gasteiger charge is -2.09. The zero-order valence-electron chi connectivity index (χ0n) is 12.4. The number of hydrogen-bond acceptors (Lipinski definition) is 4. The van der Waals surface area contributed by atoms with Crippen molar-refractivity contribution in [3.63, 3.8) is 0 Å². The largest absolute Gasteiger partial charge is 0.494 e. The number of rotatable bonds is 4. The summed E-state index contributed by atoms with van der Waals surface area (Å²) in [6.45, 7) is 1.72. The van der Waals surface area contributed by atoms with Crippen LogP contribution in [-0.4, -0.2) is 27.8 Å². The molecule has 0 aliphatic carbocycles. The molecule has 3 rings (SSSR count). The number of carbonyl (C=O) groups is 1. The SMILES string of the molecule is COc1ccc(-c2cnn([C@H](C)C(N)=O)c2)c2cccnc12. The summed E-state index contributed by atoms with van der Waals surface area (Å²) < 4.78 is 6.91. The van der Waals surface area contributed by atoms with Crippen LogP contribution in [0, 0.1) is 0 Å². The molecule has 2 aromatic heterocycles. The van der Waals surface area contributed by atoms with E-state index in [-0.39, 0.29) is 0 Å². The molecule has 0 unspecified atom stereocenters. The average Bonchev–Trinajstić information content (AvgIpc) is 3.02. The molecule has 6 heteroatoms. The predicted octanol–water partition coefficient (Wildman–Crippen LogP) is 2.15. The van der Waals surface area contributed by atoms with E-state index in [2.05, 4.69) is 10.1 Å². The van der Waals surface area contributed by atoms with E-state index in [1.165, 1.54) is 0 Å². The maximum atomic E-state index is 11.3. The number of benzene rings is 1. The number of hydrogen-bond donors (Lipinski definition) is 1. The lowest BCUT2D eigenvalue weighted by atomic mass is 10.0. The fourth-order valence-corrected chi connectivity index (χ4v) is 2.38. The summed E-state index contributed by atoms with van der Waals surface area (Å²) >= 11 is 0. The molecular weight excluding hydrogens is 280 g/mol. The van der Waals surface area contributed by atoms with Gasteiger partial charge in [0.1, 0.15) is 17.3 Å². The zero-order chi connectivity index (χ0) is 15.7. The smallest absolute Gasteiger partial charge is 0.241 e. The van der Waals surface area contributed by atoms with Crippen molar-refractivity contribution in [3.05, 3.63) is 42.9 Å². The number of primary amides is 1. The van der Waals surface area contributed by atoms with Crippen molar-refractivity contribution in [3.8, 4) is 16.9 Å². The molecular formula is C16H16N4O2. The van der Waals surface area contributed by atoms with Gasteiger partial charge in [0, 0.05) is 23.3 Å². The monoisotopic (exact) mass is 296 g/mol. The lowest BCUT2D eigenvalue weighted by molar-refractivity contribution is -0.120. The van der Waals surface area contributed by atoms with E-state index < -0.39 is 11.9 Å². The molecule has 0 aliphatic heterocycles. The molecule has 112 valence electrons. The number of fused-ring (bicyclic) bond motifs is 1. The summed E-state index contributed by atoms with van der Waals surface area (Å²) in [4.78, 5) is 15.7. The highest BCUT2D eigenvalue weighted by molar-refractivity contribution is 5.97. The van der Waals surface area contributed by atoms with Crippen LogP contribution in [0.15, 0.2) is 42.9 Å². The summed E-state index contributed by atoms with van der Waals surface area (Å²) in [5.74, 6) is 0.299. The van der Waals surface area contributed by atoms with Crippen molar-refractivity contribution in [2.45, 2.75) is 13.0 Å². The standard InChI is InChI=1S/C16H16N4O2/c1-10(16(17)21)20-9-11(8-19-20)12-5-6-14(22-2)15-13(12)4-3-7-18-15/h3-10H,1-2H3,(H2,17,21)/t10-/m1/s1. The third-order valence-electron chi connectivity index (χ3n) is 3.67. The van der Waals surface area contributed by atoms with Crippen LogP contribution >= 0.6 is 0 Å². The van der Waals surface area contributed by atoms with Gasteiger partial charge in [-0.15, -0.1) is 0 Å². The molecule has 0 radical (unpaired) electrons. The van der Waals surface area contributed by atoms with Gasteiger partial charge in [-0.05, 0) is 30.7 Å². The maximum absolute atomic E-state index is 11.3. The zero-order valence-corrected chi connectivity index (χ0v) is 12.4. The van der Waals surface area contributed by atoms with Crippen LogP contribution in [0.3, 0.4) is 0 Å². The molecule has 2 N–H and O–H groups in total. The second-order valence-corrected chi connectivity index (χ2v) is 5.00. The lowest BCUT2D eigenvalue weighted by Crippen LogP contribution is -2.24. The average molecular weight is 296 g/mol. The van der Waals surface area contributed by atoms with Crippen molar-refractivity contribution in [2.24, 2.45) is 5.73 Å². The Balaban J connectivity index is 2.13. The first-order valence-corrected chi connectivity index (χ1v) is 6.87. The number of nitrogens with zero attached hydrogens (tertiary/aromatic N) is 3. The van der Waals surface area contributed by atoms with Crippen LogP contribution < -0.4 is 10.5 Å². The summed E-state index contributed by atoms with van der Waals surface area (Å²) in [5.41, 5.74) is 7.98. The Hall–Kier alpha value is -2.89. The van der Waals surface area contributed by atoms with Gasteiger partial charge >= 0.3 is 0 Å². The summed E-state index contributed by atoms with van der Waals surface area (Å²) in [6, 6.07) is 7.20. The fraction of sp³-hybridized carbons (Fsp3) is 0.188. The van der Waals surface area contributed by atoms with Crippen LogP contribution in [0.4, 0.5) is 0 Å². The second kappa shape index (κ2) is 5.48. The highest BCUT2D eigenvalue weighted by atomic mass is 16.5. The fourth-order valence-electron chi connectivity index (χ4n) is 2.38. The molecule has 0 bridgehead atoms. The van der Waals surface area contributed by atoms with Crippen molar-refractivity contribution in [1.82, 2.24) is 14.8 Å². The van der Waals surface area contributed by atoms with E-state index in [0.29, 0.717) is 0 Å². The Bertz CT molecular complexity index is 841. The van der Waals surface area contributed by atoms with Gasteiger partial charge in [-0.1, -0.05) is 6.07 Å². The van der Waals surface area contributed by atoms with Crippen LogP contribution in [0.2, 0.25) is 0 Å². The molecule has 6 nitrogen and oxygen atoms in total. The van der Waals surface area contributed by atoms with Crippen LogP contribution in [0.25, 0.3) is 22.0 Å². The molecule has 0 spiro atoms. The Morgan fingerprint density at radius 3 is 2.91 bits per heavy atom. The number of methoxy groups -OCH3 is 1. The quantitative estimate of drug-likeness (QED) is 0.799. The Labute approximate surface area is 127 Å². The van der Waals surface area contributed by atoms with Gasteiger partial charge < -0.3 is 10.5 Å². The van der Waals surface area contributed by atoms with Crippen LogP contribution in [0.1, 0.15) is 13.0 Å². The Kier molecular flexibility index (Phi) is 3.50. The minimum Gasteiger partial charge on any atom is -0.494 e. The topological polar surface area (TPSA) is 83.0 Å². The number of ether oxygens (including phenoxy) is 1. The third kappa shape index (κ3) is 2.28. The minimum atomic E-state index is -0.489. The van der Waals surface area contributed by atoms with E-state index in [1.807, 2.05) is 30.5 Å². The summed E-state index contributed by atoms with van der Waals surface area (Å²) in [5, 5.41) is 5.19. The van der Waals surface area contributed by atoms with Crippen LogP contribution in [-0.2, 0) is 4.79 Å². The Morgan fingerprint density at radius 1 is 1.36 bits per heavy atom. The number of aromatic nitrogens is 3. The van der Waals surface area contributed by atoms with Gasteiger partial charge in [-0.2, -0.15) is 5.10 Å². The van der Waals surface area contributed by atoms with Gasteiger partial charge in [-0.3, -0.25) is 14.5 Å². The number of amides is 1. The van der Waals surface area contributed by atoms with Crippen molar-refractivity contribution in [2.75, 3.05) is 7.11 Å². The van der Waals surface area contributed by atoms with Gasteiger partial charge in [0.05, 0.1) is 13.3 Å². The molecule has 0 saturated carbocycles. The number of nitrogens with two attached hydrogens (primary N) is 1. The third-order valence-corrected chi connectivity index (χ3v) is 3.67. The molecule has 0 saturated heterocycles. The van der Waals surface area contributed by atoms with E-state index in [1.54, 1.807) is 31.1 Å². The summed E-state index contributed by atoms with van der Waals surface area (Å²) in [6.07, 6.45) is 5.25. The van der Waals surface area contributed by atoms with E-state index in [0.717, 1.165) is 27.8 Å². The van der Waals surface area contributed by atoms with E-state index in [4.69, 9.17) is 10.5 Å². The number of carbonyl (C=O) groups excluding carboxylic acids is 1. The maximum Gasteiger partial charge on any atom is 0.241 e. The highest BCUT2D eigenvalue weighted by Crippen LogP contribution is 2.33. The summed E-state index contributed by atoms with van der Waals surface area (Å²) in [7, 11) is 1.62.